The lowest BCUT2D eigenvalue weighted by atomic mass is 10.2. The molecule has 0 aliphatic carbocycles. The minimum Gasteiger partial charge on any atom is -0.484 e. The molecule has 168 valence electrons. The maximum Gasteiger partial charge on any atom is 0.282 e. The van der Waals surface area contributed by atoms with Gasteiger partial charge in [-0.05, 0) is 66.2 Å². The van der Waals surface area contributed by atoms with Crippen molar-refractivity contribution in [2.24, 2.45) is 10.8 Å². The van der Waals surface area contributed by atoms with Crippen LogP contribution in [0.1, 0.15) is 5.56 Å². The summed E-state index contributed by atoms with van der Waals surface area (Å²) < 4.78 is 13.4. The van der Waals surface area contributed by atoms with E-state index in [0.29, 0.717) is 33.6 Å². The van der Waals surface area contributed by atoms with E-state index in [-0.39, 0.29) is 18.0 Å². The van der Waals surface area contributed by atoms with Gasteiger partial charge < -0.3 is 14.9 Å². The number of carbonyl (C=O) groups is 1. The Bertz CT molecular complexity index is 1620. The fraction of sp³-hybridized carbons (Fsp3) is 0.0400. The van der Waals surface area contributed by atoms with Crippen molar-refractivity contribution in [2.45, 2.75) is 0 Å². The molecule has 5 aromatic rings. The number of carbonyl (C=O) groups excluding carboxylic acids is 1. The van der Waals surface area contributed by atoms with Crippen molar-refractivity contribution in [1.82, 2.24) is 9.66 Å². The van der Waals surface area contributed by atoms with Crippen LogP contribution in [0.15, 0.2) is 91.6 Å². The van der Waals surface area contributed by atoms with E-state index in [4.69, 9.17) is 14.9 Å². The molecule has 2 N–H and O–H groups in total. The average molecular weight is 517 g/mol. The largest absolute Gasteiger partial charge is 0.484 e. The first kappa shape index (κ1) is 21.6. The highest BCUT2D eigenvalue weighted by Crippen LogP contribution is 2.29. The molecule has 0 saturated heterocycles. The van der Waals surface area contributed by atoms with Crippen molar-refractivity contribution in [3.05, 3.63) is 93.2 Å². The van der Waals surface area contributed by atoms with E-state index >= 15 is 0 Å². The van der Waals surface area contributed by atoms with Gasteiger partial charge in [-0.15, -0.1) is 0 Å². The number of nitrogens with two attached hydrogens (primary N) is 1. The van der Waals surface area contributed by atoms with Gasteiger partial charge in [-0.2, -0.15) is 9.78 Å². The summed E-state index contributed by atoms with van der Waals surface area (Å²) in [6.07, 6.45) is 1.54. The molecule has 34 heavy (non-hydrogen) atoms. The zero-order valence-corrected chi connectivity index (χ0v) is 19.2. The van der Waals surface area contributed by atoms with Crippen LogP contribution < -0.4 is 16.0 Å². The quantitative estimate of drug-likeness (QED) is 0.337. The normalized spacial score (nSPS) is 11.4. The van der Waals surface area contributed by atoms with Crippen LogP contribution in [0, 0.1) is 0 Å². The number of halogens is 1. The molecule has 0 bridgehead atoms. The Labute approximate surface area is 201 Å². The second-order valence-electron chi connectivity index (χ2n) is 7.43. The van der Waals surface area contributed by atoms with Crippen LogP contribution in [0.25, 0.3) is 33.5 Å². The van der Waals surface area contributed by atoms with Crippen molar-refractivity contribution in [1.29, 1.82) is 0 Å². The van der Waals surface area contributed by atoms with Crippen LogP contribution in [0.3, 0.4) is 0 Å². The molecule has 0 aliphatic rings. The van der Waals surface area contributed by atoms with Crippen molar-refractivity contribution >= 4 is 49.9 Å². The van der Waals surface area contributed by atoms with Gasteiger partial charge in [0, 0.05) is 9.86 Å². The summed E-state index contributed by atoms with van der Waals surface area (Å²) >= 11 is 3.46. The van der Waals surface area contributed by atoms with E-state index < -0.39 is 5.91 Å². The van der Waals surface area contributed by atoms with Crippen LogP contribution in [-0.4, -0.2) is 28.4 Å². The Balaban J connectivity index is 1.58. The van der Waals surface area contributed by atoms with Gasteiger partial charge in [-0.3, -0.25) is 9.59 Å². The smallest absolute Gasteiger partial charge is 0.282 e. The third kappa shape index (κ3) is 4.33. The second-order valence-corrected chi connectivity index (χ2v) is 8.35. The molecular formula is C25H17BrN4O4. The summed E-state index contributed by atoms with van der Waals surface area (Å²) in [6.45, 7) is -0.205. The van der Waals surface area contributed by atoms with Crippen molar-refractivity contribution in [3.63, 3.8) is 0 Å². The Morgan fingerprint density at radius 3 is 2.71 bits per heavy atom. The summed E-state index contributed by atoms with van der Waals surface area (Å²) in [5.41, 5.74) is 6.71. The molecule has 5 rings (SSSR count). The molecule has 0 saturated carbocycles. The fourth-order valence-electron chi connectivity index (χ4n) is 3.44. The highest BCUT2D eigenvalue weighted by molar-refractivity contribution is 9.10. The second kappa shape index (κ2) is 8.95. The lowest BCUT2D eigenvalue weighted by molar-refractivity contribution is -0.119. The summed E-state index contributed by atoms with van der Waals surface area (Å²) in [5.74, 6) is 0.644. The molecule has 0 spiro atoms. The first-order valence-electron chi connectivity index (χ1n) is 10.2. The number of hydrogen-bond donors (Lipinski definition) is 1. The Kier molecular flexibility index (Phi) is 5.69. The minimum atomic E-state index is -0.556. The molecule has 0 fully saturated rings. The third-order valence-electron chi connectivity index (χ3n) is 5.04. The Morgan fingerprint density at radius 1 is 1.12 bits per heavy atom. The predicted molar refractivity (Wildman–Crippen MR) is 133 cm³/mol. The number of para-hydroxylation sites is 1. The van der Waals surface area contributed by atoms with Gasteiger partial charge in [0.15, 0.2) is 12.4 Å². The number of aromatic nitrogens is 2. The first-order valence-corrected chi connectivity index (χ1v) is 11.0. The molecule has 0 radical (unpaired) electrons. The molecule has 0 unspecified atom stereocenters. The third-order valence-corrected chi connectivity index (χ3v) is 5.53. The molecule has 2 aromatic heterocycles. The lowest BCUT2D eigenvalue weighted by Gasteiger charge is -2.07. The Hall–Kier alpha value is -4.24. The highest BCUT2D eigenvalue weighted by Gasteiger charge is 2.16. The van der Waals surface area contributed by atoms with Crippen LogP contribution in [0.4, 0.5) is 0 Å². The predicted octanol–water partition coefficient (Wildman–Crippen LogP) is 4.32. The topological polar surface area (TPSA) is 113 Å². The van der Waals surface area contributed by atoms with E-state index in [1.54, 1.807) is 48.7 Å². The number of amides is 1. The number of fused-ring (bicyclic) bond motifs is 2. The van der Waals surface area contributed by atoms with Gasteiger partial charge in [-0.1, -0.05) is 28.1 Å². The molecule has 9 heteroatoms. The van der Waals surface area contributed by atoms with Crippen molar-refractivity contribution in [2.75, 3.05) is 6.61 Å². The van der Waals surface area contributed by atoms with Crippen molar-refractivity contribution < 1.29 is 13.9 Å². The summed E-state index contributed by atoms with van der Waals surface area (Å²) in [4.78, 5) is 28.9. The van der Waals surface area contributed by atoms with Crippen LogP contribution in [0.2, 0.25) is 0 Å². The molecule has 1 amide bonds. The first-order chi connectivity index (χ1) is 16.5. The van der Waals surface area contributed by atoms with Crippen LogP contribution >= 0.6 is 15.9 Å². The molecule has 2 heterocycles. The van der Waals surface area contributed by atoms with Gasteiger partial charge in [-0.25, -0.2) is 4.98 Å². The lowest BCUT2D eigenvalue weighted by Crippen LogP contribution is -2.20. The molecule has 3 aromatic carbocycles. The number of benzene rings is 3. The number of rotatable bonds is 6. The summed E-state index contributed by atoms with van der Waals surface area (Å²) in [6, 6.07) is 21.4. The zero-order valence-electron chi connectivity index (χ0n) is 17.6. The number of hydrogen-bond acceptors (Lipinski definition) is 6. The van der Waals surface area contributed by atoms with E-state index in [2.05, 4.69) is 26.0 Å². The zero-order chi connectivity index (χ0) is 23.7. The number of ether oxygens (including phenoxy) is 1. The summed E-state index contributed by atoms with van der Waals surface area (Å²) in [5, 5.41) is 5.74. The number of nitrogens with zero attached hydrogens (tertiary/aromatic N) is 3. The SMILES string of the molecule is NC(=O)COc1ccc(C=Nn2c(-c3cc4cc(Br)ccc4o3)nc3ccccc3c2=O)cc1. The van der Waals surface area contributed by atoms with Gasteiger partial charge in [0.2, 0.25) is 5.82 Å². The number of primary amides is 1. The maximum absolute atomic E-state index is 13.3. The van der Waals surface area contributed by atoms with Crippen molar-refractivity contribution in [3.8, 4) is 17.3 Å². The molecule has 0 aliphatic heterocycles. The van der Waals surface area contributed by atoms with Gasteiger partial charge in [0.25, 0.3) is 11.5 Å². The molecule has 8 nitrogen and oxygen atoms in total. The van der Waals surface area contributed by atoms with Gasteiger partial charge in [0.05, 0.1) is 17.1 Å². The van der Waals surface area contributed by atoms with Crippen LogP contribution in [-0.2, 0) is 4.79 Å². The summed E-state index contributed by atoms with van der Waals surface area (Å²) in [7, 11) is 0. The van der Waals surface area contributed by atoms with E-state index in [0.717, 1.165) is 9.86 Å². The standard InChI is InChI=1S/C25H17BrN4O4/c26-17-7-10-21-16(11-17)12-22(34-21)24-29-20-4-2-1-3-19(20)25(32)30(24)28-13-15-5-8-18(9-6-15)33-14-23(27)31/h1-13H,14H2,(H2,27,31). The van der Waals surface area contributed by atoms with E-state index in [1.165, 1.54) is 4.68 Å². The highest BCUT2D eigenvalue weighted by atomic mass is 79.9. The number of furan rings is 1. The van der Waals surface area contributed by atoms with E-state index in [9.17, 15) is 9.59 Å². The maximum atomic E-state index is 13.3. The molecule has 0 atom stereocenters. The van der Waals surface area contributed by atoms with Gasteiger partial charge in [0.1, 0.15) is 11.3 Å². The monoisotopic (exact) mass is 516 g/mol. The fourth-order valence-corrected chi connectivity index (χ4v) is 3.82. The van der Waals surface area contributed by atoms with Crippen LogP contribution in [0.5, 0.6) is 5.75 Å². The van der Waals surface area contributed by atoms with E-state index in [1.807, 2.05) is 30.3 Å². The average Bonchev–Trinajstić information content (AvgIpc) is 3.26. The molecular weight excluding hydrogens is 500 g/mol. The minimum absolute atomic E-state index is 0.205. The van der Waals surface area contributed by atoms with Gasteiger partial charge >= 0.3 is 0 Å². The Morgan fingerprint density at radius 2 is 1.91 bits per heavy atom.